The summed E-state index contributed by atoms with van der Waals surface area (Å²) in [4.78, 5) is 24.2. The van der Waals surface area contributed by atoms with Crippen LogP contribution in [0.2, 0.25) is 5.02 Å². The third-order valence-electron chi connectivity index (χ3n) is 4.55. The van der Waals surface area contributed by atoms with Crippen LogP contribution in [0.4, 0.5) is 5.69 Å². The Labute approximate surface area is 197 Å². The molecule has 1 aromatic heterocycles. The molecule has 0 unspecified atom stereocenters. The average molecular weight is 469 g/mol. The highest BCUT2D eigenvalue weighted by atomic mass is 35.5. The Morgan fingerprint density at radius 2 is 1.94 bits per heavy atom. The van der Waals surface area contributed by atoms with E-state index in [2.05, 4.69) is 10.6 Å². The van der Waals surface area contributed by atoms with Gasteiger partial charge in [-0.05, 0) is 60.0 Å². The molecule has 0 aliphatic rings. The molecule has 0 atom stereocenters. The summed E-state index contributed by atoms with van der Waals surface area (Å²) in [5.74, 6) is 0.654. The number of anilines is 1. The lowest BCUT2D eigenvalue weighted by molar-refractivity contribution is -0.116. The van der Waals surface area contributed by atoms with Crippen LogP contribution in [-0.4, -0.2) is 25.5 Å². The van der Waals surface area contributed by atoms with Crippen LogP contribution in [0.1, 0.15) is 35.0 Å². The van der Waals surface area contributed by atoms with Crippen molar-refractivity contribution in [2.24, 2.45) is 0 Å². The first kappa shape index (κ1) is 23.9. The van der Waals surface area contributed by atoms with Crippen molar-refractivity contribution in [2.75, 3.05) is 19.0 Å². The number of methoxy groups -OCH3 is 1. The maximum Gasteiger partial charge on any atom is 0.291 e. The lowest BCUT2D eigenvalue weighted by atomic mass is 10.1. The Balaban J connectivity index is 1.53. The first-order chi connectivity index (χ1) is 16.0. The van der Waals surface area contributed by atoms with Gasteiger partial charge in [-0.15, -0.1) is 0 Å². The smallest absolute Gasteiger partial charge is 0.291 e. The van der Waals surface area contributed by atoms with Gasteiger partial charge in [0, 0.05) is 18.3 Å². The molecular formula is C25H25ClN2O5. The second kappa shape index (κ2) is 11.8. The van der Waals surface area contributed by atoms with Crippen molar-refractivity contribution >= 4 is 35.2 Å². The monoisotopic (exact) mass is 468 g/mol. The van der Waals surface area contributed by atoms with Gasteiger partial charge in [-0.3, -0.25) is 9.59 Å². The van der Waals surface area contributed by atoms with E-state index in [-0.39, 0.29) is 17.6 Å². The van der Waals surface area contributed by atoms with Gasteiger partial charge in [-0.2, -0.15) is 0 Å². The number of halogens is 1. The van der Waals surface area contributed by atoms with Gasteiger partial charge >= 0.3 is 0 Å². The zero-order chi connectivity index (χ0) is 23.6. The molecule has 0 saturated carbocycles. The van der Waals surface area contributed by atoms with E-state index in [1.54, 1.807) is 49.6 Å². The molecule has 2 N–H and O–H groups in total. The molecule has 0 fully saturated rings. The molecule has 1 heterocycles. The van der Waals surface area contributed by atoms with Crippen LogP contribution in [0, 0.1) is 0 Å². The van der Waals surface area contributed by atoms with Gasteiger partial charge in [0.1, 0.15) is 0 Å². The van der Waals surface area contributed by atoms with Crippen molar-refractivity contribution in [3.63, 3.8) is 0 Å². The SMILES string of the molecule is CCCOc1c(Cl)cc(/C=C/C(=O)NCc2ccc(NC(=O)c3ccco3)cc2)cc1OC. The second-order valence-electron chi connectivity index (χ2n) is 7.06. The van der Waals surface area contributed by atoms with E-state index in [0.29, 0.717) is 40.9 Å². The van der Waals surface area contributed by atoms with Crippen LogP contribution in [0.5, 0.6) is 11.5 Å². The zero-order valence-electron chi connectivity index (χ0n) is 18.4. The molecule has 7 nitrogen and oxygen atoms in total. The molecule has 0 bridgehead atoms. The number of rotatable bonds is 10. The third-order valence-corrected chi connectivity index (χ3v) is 4.83. The molecule has 33 heavy (non-hydrogen) atoms. The van der Waals surface area contributed by atoms with Crippen LogP contribution in [-0.2, 0) is 11.3 Å². The third kappa shape index (κ3) is 6.89. The highest BCUT2D eigenvalue weighted by Crippen LogP contribution is 2.36. The summed E-state index contributed by atoms with van der Waals surface area (Å²) in [7, 11) is 1.54. The summed E-state index contributed by atoms with van der Waals surface area (Å²) in [6, 6.07) is 13.9. The Bertz CT molecular complexity index is 1110. The number of furan rings is 1. The molecule has 2 aromatic carbocycles. The first-order valence-corrected chi connectivity index (χ1v) is 10.8. The number of benzene rings is 2. The molecular weight excluding hydrogens is 444 g/mol. The quantitative estimate of drug-likeness (QED) is 0.393. The summed E-state index contributed by atoms with van der Waals surface area (Å²) in [5, 5.41) is 5.98. The Morgan fingerprint density at radius 3 is 2.61 bits per heavy atom. The molecule has 0 aliphatic heterocycles. The van der Waals surface area contributed by atoms with Crippen molar-refractivity contribution in [3.8, 4) is 11.5 Å². The van der Waals surface area contributed by atoms with Gasteiger partial charge in [0.2, 0.25) is 5.91 Å². The molecule has 3 aromatic rings. The number of carbonyl (C=O) groups is 2. The second-order valence-corrected chi connectivity index (χ2v) is 7.47. The van der Waals surface area contributed by atoms with E-state index in [1.165, 1.54) is 12.3 Å². The van der Waals surface area contributed by atoms with Crippen molar-refractivity contribution in [1.82, 2.24) is 5.32 Å². The number of carbonyl (C=O) groups excluding carboxylic acids is 2. The summed E-state index contributed by atoms with van der Waals surface area (Å²) < 4.78 is 16.1. The fraction of sp³-hybridized carbons (Fsp3) is 0.200. The van der Waals surface area contributed by atoms with Crippen LogP contribution >= 0.6 is 11.6 Å². The standard InChI is InChI=1S/C25H25ClN2O5/c1-3-12-33-24-20(26)14-18(15-22(24)31-2)8-11-23(29)27-16-17-6-9-19(10-7-17)28-25(30)21-5-4-13-32-21/h4-11,13-15H,3,12,16H2,1-2H3,(H,27,29)(H,28,30)/b11-8+. The molecule has 0 spiro atoms. The maximum atomic E-state index is 12.2. The summed E-state index contributed by atoms with van der Waals surface area (Å²) in [6.07, 6.45) is 5.37. The molecule has 172 valence electrons. The molecule has 0 radical (unpaired) electrons. The van der Waals surface area contributed by atoms with Gasteiger partial charge in [-0.25, -0.2) is 0 Å². The minimum atomic E-state index is -0.326. The van der Waals surface area contributed by atoms with E-state index in [4.69, 9.17) is 25.5 Å². The average Bonchev–Trinajstić information content (AvgIpc) is 3.36. The summed E-state index contributed by atoms with van der Waals surface area (Å²) in [5.41, 5.74) is 2.23. The molecule has 0 aliphatic carbocycles. The van der Waals surface area contributed by atoms with Gasteiger partial charge in [0.25, 0.3) is 5.91 Å². The van der Waals surface area contributed by atoms with Gasteiger partial charge in [-0.1, -0.05) is 30.7 Å². The van der Waals surface area contributed by atoms with Gasteiger partial charge < -0.3 is 24.5 Å². The highest BCUT2D eigenvalue weighted by Gasteiger charge is 2.11. The minimum Gasteiger partial charge on any atom is -0.493 e. The maximum absolute atomic E-state index is 12.2. The van der Waals surface area contributed by atoms with Gasteiger partial charge in [0.15, 0.2) is 17.3 Å². The predicted octanol–water partition coefficient (Wildman–Crippen LogP) is 5.31. The summed E-state index contributed by atoms with van der Waals surface area (Å²) >= 11 is 6.31. The van der Waals surface area contributed by atoms with Crippen molar-refractivity contribution < 1.29 is 23.5 Å². The predicted molar refractivity (Wildman–Crippen MR) is 128 cm³/mol. The fourth-order valence-corrected chi connectivity index (χ4v) is 3.18. The minimum absolute atomic E-state index is 0.236. The van der Waals surface area contributed by atoms with E-state index in [9.17, 15) is 9.59 Å². The van der Waals surface area contributed by atoms with E-state index < -0.39 is 0 Å². The topological polar surface area (TPSA) is 89.8 Å². The van der Waals surface area contributed by atoms with Crippen LogP contribution in [0.25, 0.3) is 6.08 Å². The van der Waals surface area contributed by atoms with Crippen LogP contribution in [0.15, 0.2) is 65.3 Å². The molecule has 2 amide bonds. The van der Waals surface area contributed by atoms with Crippen LogP contribution in [0.3, 0.4) is 0 Å². The van der Waals surface area contributed by atoms with Crippen molar-refractivity contribution in [1.29, 1.82) is 0 Å². The number of hydrogen-bond acceptors (Lipinski definition) is 5. The molecule has 3 rings (SSSR count). The highest BCUT2D eigenvalue weighted by molar-refractivity contribution is 6.32. The van der Waals surface area contributed by atoms with Crippen molar-refractivity contribution in [2.45, 2.75) is 19.9 Å². The fourth-order valence-electron chi connectivity index (χ4n) is 2.91. The largest absolute Gasteiger partial charge is 0.493 e. The summed E-state index contributed by atoms with van der Waals surface area (Å²) in [6.45, 7) is 2.87. The van der Waals surface area contributed by atoms with Crippen LogP contribution < -0.4 is 20.1 Å². The Hall–Kier alpha value is -3.71. The number of ether oxygens (including phenoxy) is 2. The number of hydrogen-bond donors (Lipinski definition) is 2. The lowest BCUT2D eigenvalue weighted by Crippen LogP contribution is -2.20. The zero-order valence-corrected chi connectivity index (χ0v) is 19.1. The van der Waals surface area contributed by atoms with E-state index in [0.717, 1.165) is 12.0 Å². The number of amides is 2. The normalized spacial score (nSPS) is 10.8. The molecule has 8 heteroatoms. The first-order valence-electron chi connectivity index (χ1n) is 10.4. The van der Waals surface area contributed by atoms with Crippen molar-refractivity contribution in [3.05, 3.63) is 82.8 Å². The van der Waals surface area contributed by atoms with Gasteiger partial charge in [0.05, 0.1) is 25.0 Å². The van der Waals surface area contributed by atoms with E-state index >= 15 is 0 Å². The Kier molecular flexibility index (Phi) is 8.55. The lowest BCUT2D eigenvalue weighted by Gasteiger charge is -2.12. The molecule has 0 saturated heterocycles. The number of nitrogens with one attached hydrogen (secondary N) is 2. The Morgan fingerprint density at radius 1 is 1.15 bits per heavy atom. The van der Waals surface area contributed by atoms with E-state index in [1.807, 2.05) is 19.1 Å².